The van der Waals surface area contributed by atoms with Gasteiger partial charge in [0.05, 0.1) is 12.7 Å². The highest BCUT2D eigenvalue weighted by molar-refractivity contribution is 5.70. The Morgan fingerprint density at radius 3 is 1.91 bits per heavy atom. The van der Waals surface area contributed by atoms with Gasteiger partial charge in [-0.25, -0.2) is 0 Å². The summed E-state index contributed by atoms with van der Waals surface area (Å²) in [6, 6.07) is 0. The van der Waals surface area contributed by atoms with Gasteiger partial charge in [0, 0.05) is 12.8 Å². The van der Waals surface area contributed by atoms with Gasteiger partial charge in [0.1, 0.15) is 6.61 Å². The third-order valence-corrected chi connectivity index (χ3v) is 7.04. The van der Waals surface area contributed by atoms with Crippen LogP contribution in [0.2, 0.25) is 0 Å². The Kier molecular flexibility index (Phi) is 30.7. The van der Waals surface area contributed by atoms with E-state index in [1.807, 2.05) is 30.4 Å². The quantitative estimate of drug-likeness (QED) is 0.0371. The van der Waals surface area contributed by atoms with Crippen molar-refractivity contribution in [3.8, 4) is 0 Å². The van der Waals surface area contributed by atoms with Crippen molar-refractivity contribution in [2.24, 2.45) is 5.92 Å². The number of aliphatic hydroxyl groups excluding tert-OH is 2. The van der Waals surface area contributed by atoms with Crippen molar-refractivity contribution >= 4 is 11.9 Å². The molecule has 0 aromatic carbocycles. The Balaban J connectivity index is 3.81. The summed E-state index contributed by atoms with van der Waals surface area (Å²) in [6.45, 7) is 6.13. The molecule has 0 rings (SSSR count). The molecule has 0 amide bonds. The van der Waals surface area contributed by atoms with Crippen LogP contribution in [0.3, 0.4) is 0 Å². The second-order valence-corrected chi connectivity index (χ2v) is 11.9. The molecule has 0 radical (unpaired) electrons. The van der Waals surface area contributed by atoms with Crippen molar-refractivity contribution in [1.82, 2.24) is 0 Å². The minimum atomic E-state index is -0.813. The molecule has 0 aliphatic heterocycles. The molecular formula is C39H64O6. The van der Waals surface area contributed by atoms with Gasteiger partial charge >= 0.3 is 11.9 Å². The van der Waals surface area contributed by atoms with Crippen molar-refractivity contribution < 1.29 is 29.3 Å². The second kappa shape index (κ2) is 32.7. The molecule has 0 spiro atoms. The molecule has 2 atom stereocenters. The number of carbonyl (C=O) groups excluding carboxylic acids is 2. The highest BCUT2D eigenvalue weighted by Crippen LogP contribution is 2.13. The SMILES string of the molecule is CC/C=C\CC(O)/C=C/C=C/C/C=C\C/C=C\C/C=C\CCC(=O)OC[C@H](CO)OC(=O)CCCCCCCCCCC(C)C. The third-order valence-electron chi connectivity index (χ3n) is 7.04. The van der Waals surface area contributed by atoms with E-state index in [4.69, 9.17) is 9.47 Å². The molecule has 1 unspecified atom stereocenters. The van der Waals surface area contributed by atoms with Gasteiger partial charge in [-0.3, -0.25) is 9.59 Å². The summed E-state index contributed by atoms with van der Waals surface area (Å²) < 4.78 is 10.5. The molecule has 0 aromatic rings. The Bertz CT molecular complexity index is 880. The van der Waals surface area contributed by atoms with E-state index in [1.165, 1.54) is 38.5 Å². The molecule has 2 N–H and O–H groups in total. The first-order chi connectivity index (χ1) is 21.9. The largest absolute Gasteiger partial charge is 0.462 e. The van der Waals surface area contributed by atoms with E-state index in [0.717, 1.165) is 50.9 Å². The summed E-state index contributed by atoms with van der Waals surface area (Å²) in [5.74, 6) is 0.0731. The summed E-state index contributed by atoms with van der Waals surface area (Å²) in [5.41, 5.74) is 0. The van der Waals surface area contributed by atoms with Gasteiger partial charge in [-0.2, -0.15) is 0 Å². The average molecular weight is 629 g/mol. The number of ether oxygens (including phenoxy) is 2. The zero-order valence-electron chi connectivity index (χ0n) is 28.6. The minimum absolute atomic E-state index is 0.121. The molecule has 45 heavy (non-hydrogen) atoms. The predicted octanol–water partition coefficient (Wildman–Crippen LogP) is 9.44. The number of hydrogen-bond donors (Lipinski definition) is 2. The highest BCUT2D eigenvalue weighted by atomic mass is 16.6. The fourth-order valence-corrected chi connectivity index (χ4v) is 4.38. The van der Waals surface area contributed by atoms with Gasteiger partial charge in [-0.05, 0) is 50.9 Å². The lowest BCUT2D eigenvalue weighted by molar-refractivity contribution is -0.161. The third kappa shape index (κ3) is 32.5. The molecule has 6 heteroatoms. The number of aliphatic hydroxyl groups is 2. The van der Waals surface area contributed by atoms with Gasteiger partial charge in [0.25, 0.3) is 0 Å². The van der Waals surface area contributed by atoms with Gasteiger partial charge < -0.3 is 19.7 Å². The number of hydrogen-bond acceptors (Lipinski definition) is 6. The molecule has 0 fully saturated rings. The molecule has 0 aliphatic carbocycles. The van der Waals surface area contributed by atoms with E-state index in [-0.39, 0.29) is 31.6 Å². The van der Waals surface area contributed by atoms with Crippen LogP contribution in [0.4, 0.5) is 0 Å². The lowest BCUT2D eigenvalue weighted by Gasteiger charge is -2.15. The Hall–Kier alpha value is -2.70. The Morgan fingerprint density at radius 2 is 1.29 bits per heavy atom. The first kappa shape index (κ1) is 42.3. The monoisotopic (exact) mass is 628 g/mol. The van der Waals surface area contributed by atoms with Crippen LogP contribution in [0.25, 0.3) is 0 Å². The summed E-state index contributed by atoms with van der Waals surface area (Å²) in [5, 5.41) is 19.3. The van der Waals surface area contributed by atoms with E-state index in [2.05, 4.69) is 57.2 Å². The fourth-order valence-electron chi connectivity index (χ4n) is 4.38. The number of carbonyl (C=O) groups is 2. The first-order valence-electron chi connectivity index (χ1n) is 17.5. The van der Waals surface area contributed by atoms with Crippen LogP contribution < -0.4 is 0 Å². The van der Waals surface area contributed by atoms with E-state index in [9.17, 15) is 19.8 Å². The normalized spacial score (nSPS) is 13.9. The fraction of sp³-hybridized carbons (Fsp3) is 0.641. The number of esters is 2. The van der Waals surface area contributed by atoms with Gasteiger partial charge in [0.2, 0.25) is 0 Å². The minimum Gasteiger partial charge on any atom is -0.462 e. The molecule has 256 valence electrons. The molecule has 0 saturated heterocycles. The van der Waals surface area contributed by atoms with Crippen molar-refractivity contribution in [2.75, 3.05) is 13.2 Å². The Labute approximate surface area is 275 Å². The van der Waals surface area contributed by atoms with Crippen molar-refractivity contribution in [1.29, 1.82) is 0 Å². The lowest BCUT2D eigenvalue weighted by atomic mass is 10.0. The molecule has 0 bridgehead atoms. The van der Waals surface area contributed by atoms with E-state index < -0.39 is 12.2 Å². The van der Waals surface area contributed by atoms with Crippen LogP contribution in [0.15, 0.2) is 72.9 Å². The lowest BCUT2D eigenvalue weighted by Crippen LogP contribution is -2.28. The first-order valence-corrected chi connectivity index (χ1v) is 17.5. The summed E-state index contributed by atoms with van der Waals surface area (Å²) in [6.07, 6.45) is 38.8. The molecule has 0 aromatic heterocycles. The van der Waals surface area contributed by atoms with E-state index in [0.29, 0.717) is 19.3 Å². The van der Waals surface area contributed by atoms with Crippen molar-refractivity contribution in [3.05, 3.63) is 72.9 Å². The molecule has 0 aliphatic rings. The van der Waals surface area contributed by atoms with Gasteiger partial charge in [-0.1, -0.05) is 145 Å². The van der Waals surface area contributed by atoms with Crippen LogP contribution in [-0.2, 0) is 19.1 Å². The average Bonchev–Trinajstić information content (AvgIpc) is 3.01. The van der Waals surface area contributed by atoms with Gasteiger partial charge in [0.15, 0.2) is 6.10 Å². The molecule has 0 heterocycles. The van der Waals surface area contributed by atoms with Crippen LogP contribution in [0.1, 0.15) is 130 Å². The van der Waals surface area contributed by atoms with E-state index >= 15 is 0 Å². The molecular weight excluding hydrogens is 564 g/mol. The highest BCUT2D eigenvalue weighted by Gasteiger charge is 2.15. The number of unbranched alkanes of at least 4 members (excludes halogenated alkanes) is 7. The van der Waals surface area contributed by atoms with Crippen LogP contribution in [-0.4, -0.2) is 47.6 Å². The number of allylic oxidation sites excluding steroid dienone is 10. The topological polar surface area (TPSA) is 93.1 Å². The summed E-state index contributed by atoms with van der Waals surface area (Å²) in [4.78, 5) is 24.1. The van der Waals surface area contributed by atoms with Gasteiger partial charge in [-0.15, -0.1) is 0 Å². The Morgan fingerprint density at radius 1 is 0.689 bits per heavy atom. The maximum atomic E-state index is 12.1. The predicted molar refractivity (Wildman–Crippen MR) is 188 cm³/mol. The van der Waals surface area contributed by atoms with Crippen LogP contribution in [0.5, 0.6) is 0 Å². The maximum absolute atomic E-state index is 12.1. The zero-order chi connectivity index (χ0) is 33.2. The van der Waals surface area contributed by atoms with Crippen LogP contribution in [0, 0.1) is 5.92 Å². The van der Waals surface area contributed by atoms with Crippen molar-refractivity contribution in [2.45, 2.75) is 142 Å². The standard InChI is InChI=1S/C39H64O6/c1-4-5-23-29-36(41)30-25-20-16-11-9-7-6-8-10-12-17-21-26-31-38(42)44-34-37(33-40)45-39(43)32-27-22-18-14-13-15-19-24-28-35(2)3/h5,7-10,16-17,20-21,23,25,30,35-37,40-41H,4,6,11-15,18-19,22,24,26-29,31-34H2,1-3H3/b9-7-,10-8-,20-16+,21-17-,23-5-,30-25+/t36?,37-/m0/s1. The summed E-state index contributed by atoms with van der Waals surface area (Å²) in [7, 11) is 0. The van der Waals surface area contributed by atoms with Crippen LogP contribution >= 0.6 is 0 Å². The number of rotatable bonds is 29. The smallest absolute Gasteiger partial charge is 0.306 e. The maximum Gasteiger partial charge on any atom is 0.306 e. The van der Waals surface area contributed by atoms with Crippen molar-refractivity contribution in [3.63, 3.8) is 0 Å². The molecule has 6 nitrogen and oxygen atoms in total. The zero-order valence-corrected chi connectivity index (χ0v) is 28.6. The molecule has 0 saturated carbocycles. The summed E-state index contributed by atoms with van der Waals surface area (Å²) >= 11 is 0. The second-order valence-electron chi connectivity index (χ2n) is 11.9. The van der Waals surface area contributed by atoms with E-state index in [1.54, 1.807) is 6.08 Å².